The third-order valence-corrected chi connectivity index (χ3v) is 12.9. The van der Waals surface area contributed by atoms with Crippen LogP contribution in [0.25, 0.3) is 0 Å². The summed E-state index contributed by atoms with van der Waals surface area (Å²) in [5.41, 5.74) is -0.748. The number of carboxylic acid groups (broad SMARTS) is 1. The number of rotatable bonds is 18. The van der Waals surface area contributed by atoms with Gasteiger partial charge in [0, 0.05) is 46.4 Å². The van der Waals surface area contributed by atoms with Crippen molar-refractivity contribution in [2.75, 3.05) is 23.0 Å². The van der Waals surface area contributed by atoms with Gasteiger partial charge in [-0.05, 0) is 38.5 Å². The number of hydrogen-bond donors (Lipinski definition) is 2. The van der Waals surface area contributed by atoms with Gasteiger partial charge in [-0.3, -0.25) is 14.4 Å². The maximum atomic E-state index is 12.5. The molecule has 0 amide bonds. The largest absolute Gasteiger partial charge is 0.481 e. The number of carbonyl (C=O) groups is 3. The van der Waals surface area contributed by atoms with Gasteiger partial charge in [0.05, 0.1) is 6.42 Å². The first kappa shape index (κ1) is 30.7. The summed E-state index contributed by atoms with van der Waals surface area (Å²) >= 11 is 5.51. The molecule has 4 atom stereocenters. The van der Waals surface area contributed by atoms with Crippen LogP contribution in [-0.2, 0) is 23.9 Å². The highest BCUT2D eigenvalue weighted by atomic mass is 33.1. The molecule has 0 saturated carbocycles. The van der Waals surface area contributed by atoms with Gasteiger partial charge >= 0.3 is 17.9 Å². The van der Waals surface area contributed by atoms with Gasteiger partial charge in [-0.15, -0.1) is 11.8 Å². The monoisotopic (exact) mass is 588 g/mol. The lowest BCUT2D eigenvalue weighted by Gasteiger charge is -2.25. The minimum Gasteiger partial charge on any atom is -0.481 e. The number of carbonyl (C=O) groups excluding carboxylic acids is 2. The van der Waals surface area contributed by atoms with E-state index in [2.05, 4.69) is 12.6 Å². The highest BCUT2D eigenvalue weighted by Gasteiger charge is 2.28. The second-order valence-corrected chi connectivity index (χ2v) is 15.4. The Hall–Kier alpha value is 0.510. The average molecular weight is 589 g/mol. The van der Waals surface area contributed by atoms with Crippen molar-refractivity contribution in [3.05, 3.63) is 0 Å². The first-order chi connectivity index (χ1) is 16.5. The summed E-state index contributed by atoms with van der Waals surface area (Å²) in [5.74, 6) is 1.31. The maximum absolute atomic E-state index is 12.5. The van der Waals surface area contributed by atoms with E-state index in [0.29, 0.717) is 23.3 Å². The second kappa shape index (κ2) is 18.7. The van der Waals surface area contributed by atoms with Gasteiger partial charge in [0.15, 0.2) is 11.5 Å². The molecule has 2 rings (SSSR count). The highest BCUT2D eigenvalue weighted by Crippen LogP contribution is 2.40. The molecule has 34 heavy (non-hydrogen) atoms. The SMILES string of the molecule is O=C(O)CCSC(OC(=O)CCCCC1CCSS1)C(CS)OC(=O)CCCCC1CCSS1. The molecule has 4 unspecified atom stereocenters. The van der Waals surface area contributed by atoms with Gasteiger partial charge in [0.2, 0.25) is 0 Å². The van der Waals surface area contributed by atoms with Crippen molar-refractivity contribution >= 4 is 85.5 Å². The van der Waals surface area contributed by atoms with Crippen molar-refractivity contribution in [3.8, 4) is 0 Å². The Morgan fingerprint density at radius 1 is 0.882 bits per heavy atom. The molecule has 196 valence electrons. The highest BCUT2D eigenvalue weighted by molar-refractivity contribution is 8.77. The van der Waals surface area contributed by atoms with Crippen LogP contribution in [0.3, 0.4) is 0 Å². The summed E-state index contributed by atoms with van der Waals surface area (Å²) in [6.45, 7) is 0. The molecule has 0 aromatic carbocycles. The summed E-state index contributed by atoms with van der Waals surface area (Å²) in [4.78, 5) is 35.8. The normalized spacial score (nSPS) is 21.8. The molecule has 6 nitrogen and oxygen atoms in total. The Bertz CT molecular complexity index is 613. The predicted molar refractivity (Wildman–Crippen MR) is 152 cm³/mol. The minimum absolute atomic E-state index is 0.0551. The lowest BCUT2D eigenvalue weighted by molar-refractivity contribution is -0.160. The molecule has 2 aliphatic heterocycles. The van der Waals surface area contributed by atoms with Crippen molar-refractivity contribution in [1.29, 1.82) is 0 Å². The van der Waals surface area contributed by atoms with Crippen molar-refractivity contribution < 1.29 is 29.0 Å². The first-order valence-corrected chi connectivity index (χ1v) is 18.3. The van der Waals surface area contributed by atoms with E-state index in [0.717, 1.165) is 38.5 Å². The fraction of sp³-hybridized carbons (Fsp3) is 0.864. The molecule has 0 radical (unpaired) electrons. The van der Waals surface area contributed by atoms with Gasteiger partial charge in [0.1, 0.15) is 0 Å². The van der Waals surface area contributed by atoms with E-state index in [-0.39, 0.29) is 29.9 Å². The number of hydrogen-bond acceptors (Lipinski definition) is 11. The molecular formula is C22H36O6S6. The number of esters is 2. The van der Waals surface area contributed by atoms with Crippen molar-refractivity contribution in [2.24, 2.45) is 0 Å². The zero-order valence-electron chi connectivity index (χ0n) is 19.4. The van der Waals surface area contributed by atoms with Gasteiger partial charge in [-0.2, -0.15) is 12.6 Å². The van der Waals surface area contributed by atoms with Crippen LogP contribution in [0.4, 0.5) is 0 Å². The zero-order chi connectivity index (χ0) is 24.6. The Labute approximate surface area is 228 Å². The molecule has 0 aliphatic carbocycles. The number of ether oxygens (including phenoxy) is 2. The predicted octanol–water partition coefficient (Wildman–Crippen LogP) is 6.33. The third-order valence-electron chi connectivity index (χ3n) is 5.38. The standard InChI is InChI=1S/C22H36O6S6/c23-19(24)11-12-30-22(28-21(26)8-4-2-6-17-10-14-32-34-17)18(15-29)27-20(25)7-3-1-5-16-9-13-31-33-16/h16-18,22,29H,1-15H2,(H,23,24). The Morgan fingerprint density at radius 2 is 1.44 bits per heavy atom. The topological polar surface area (TPSA) is 89.9 Å². The quantitative estimate of drug-likeness (QED) is 0.0618. The number of thiol groups is 1. The van der Waals surface area contributed by atoms with Crippen molar-refractivity contribution in [2.45, 2.75) is 92.7 Å². The van der Waals surface area contributed by atoms with Gasteiger partial charge in [0.25, 0.3) is 0 Å². The number of aliphatic carboxylic acids is 1. The van der Waals surface area contributed by atoms with E-state index in [1.807, 2.05) is 43.2 Å². The first-order valence-electron chi connectivity index (χ1n) is 11.9. The minimum atomic E-state index is -0.918. The average Bonchev–Trinajstić information content (AvgIpc) is 3.51. The molecule has 1 N–H and O–H groups in total. The van der Waals surface area contributed by atoms with E-state index in [4.69, 9.17) is 14.6 Å². The molecule has 2 fully saturated rings. The van der Waals surface area contributed by atoms with Crippen LogP contribution >= 0.6 is 67.6 Å². The fourth-order valence-corrected chi connectivity index (χ4v) is 11.0. The molecule has 0 aromatic rings. The molecule has 0 aromatic heterocycles. The molecular weight excluding hydrogens is 553 g/mol. The van der Waals surface area contributed by atoms with Crippen molar-refractivity contribution in [1.82, 2.24) is 0 Å². The van der Waals surface area contributed by atoms with Crippen LogP contribution in [-0.4, -0.2) is 68.1 Å². The Kier molecular flexibility index (Phi) is 16.9. The fourth-order valence-electron chi connectivity index (χ4n) is 3.49. The van der Waals surface area contributed by atoms with Gasteiger partial charge < -0.3 is 14.6 Å². The third kappa shape index (κ3) is 13.7. The van der Waals surface area contributed by atoms with Crippen LogP contribution in [0.15, 0.2) is 0 Å². The van der Waals surface area contributed by atoms with Gasteiger partial charge in [-0.25, -0.2) is 0 Å². The Morgan fingerprint density at radius 3 is 1.91 bits per heavy atom. The van der Waals surface area contributed by atoms with Crippen molar-refractivity contribution in [3.63, 3.8) is 0 Å². The smallest absolute Gasteiger partial charge is 0.307 e. The van der Waals surface area contributed by atoms with E-state index in [1.54, 1.807) is 0 Å². The summed E-state index contributed by atoms with van der Waals surface area (Å²) in [6.07, 6.45) is 8.07. The lowest BCUT2D eigenvalue weighted by Crippen LogP contribution is -2.35. The summed E-state index contributed by atoms with van der Waals surface area (Å²) in [5, 5.41) is 10.3. The second-order valence-electron chi connectivity index (χ2n) is 8.23. The van der Waals surface area contributed by atoms with Crippen LogP contribution in [0.2, 0.25) is 0 Å². The van der Waals surface area contributed by atoms with Crippen LogP contribution in [0.1, 0.15) is 70.6 Å². The summed E-state index contributed by atoms with van der Waals surface area (Å²) in [7, 11) is 7.72. The molecule has 2 aliphatic rings. The summed E-state index contributed by atoms with van der Waals surface area (Å²) < 4.78 is 11.3. The molecule has 0 spiro atoms. The number of unbranched alkanes of at least 4 members (excludes halogenated alkanes) is 2. The Balaban J connectivity index is 1.73. The van der Waals surface area contributed by atoms with Gasteiger partial charge in [-0.1, -0.05) is 56.0 Å². The number of thioether (sulfide) groups is 1. The van der Waals surface area contributed by atoms with Crippen LogP contribution < -0.4 is 0 Å². The molecule has 2 heterocycles. The summed E-state index contributed by atoms with van der Waals surface area (Å²) in [6, 6.07) is 0. The number of carboxylic acids is 1. The van der Waals surface area contributed by atoms with Crippen LogP contribution in [0.5, 0.6) is 0 Å². The maximum Gasteiger partial charge on any atom is 0.307 e. The van der Waals surface area contributed by atoms with E-state index in [9.17, 15) is 14.4 Å². The molecule has 2 saturated heterocycles. The van der Waals surface area contributed by atoms with Crippen LogP contribution in [0, 0.1) is 0 Å². The molecule has 0 bridgehead atoms. The lowest BCUT2D eigenvalue weighted by atomic mass is 10.1. The van der Waals surface area contributed by atoms with E-state index < -0.39 is 17.5 Å². The van der Waals surface area contributed by atoms with E-state index in [1.165, 1.54) is 36.1 Å². The molecule has 12 heteroatoms. The zero-order valence-corrected chi connectivity index (χ0v) is 24.4. The van der Waals surface area contributed by atoms with E-state index >= 15 is 0 Å².